The lowest BCUT2D eigenvalue weighted by Crippen LogP contribution is -2.32. The molecule has 0 radical (unpaired) electrons. The van der Waals surface area contributed by atoms with Gasteiger partial charge in [-0.2, -0.15) is 0 Å². The molecule has 0 N–H and O–H groups in total. The second-order valence-electron chi connectivity index (χ2n) is 8.50. The molecule has 0 spiro atoms. The van der Waals surface area contributed by atoms with Crippen molar-refractivity contribution >= 4 is 23.2 Å². The lowest BCUT2D eigenvalue weighted by molar-refractivity contribution is 0.303. The van der Waals surface area contributed by atoms with Crippen LogP contribution in [-0.2, 0) is 12.8 Å². The minimum absolute atomic E-state index is 0.251. The van der Waals surface area contributed by atoms with Crippen LogP contribution in [-0.4, -0.2) is 0 Å². The summed E-state index contributed by atoms with van der Waals surface area (Å²) >= 11 is 0. The van der Waals surface area contributed by atoms with Crippen LogP contribution in [0.25, 0.3) is 0 Å². The van der Waals surface area contributed by atoms with Crippen LogP contribution < -0.4 is 20.7 Å². The van der Waals surface area contributed by atoms with Crippen molar-refractivity contribution in [2.75, 3.05) is 0 Å². The molecule has 0 aliphatic rings. The van der Waals surface area contributed by atoms with E-state index >= 15 is 0 Å². The SMILES string of the molecule is Fc1ccc(OCc2ccccc2)c(C[P+](c2ccccc2)(c2ccccc2)c2ccccc2)c1. The summed E-state index contributed by atoms with van der Waals surface area (Å²) in [5.74, 6) is 0.474. The van der Waals surface area contributed by atoms with Crippen LogP contribution in [0.15, 0.2) is 140 Å². The van der Waals surface area contributed by atoms with Gasteiger partial charge >= 0.3 is 0 Å². The zero-order chi connectivity index (χ0) is 23.9. The smallest absolute Gasteiger partial charge is 0.126 e. The van der Waals surface area contributed by atoms with Gasteiger partial charge in [0.2, 0.25) is 0 Å². The average Bonchev–Trinajstić information content (AvgIpc) is 2.93. The van der Waals surface area contributed by atoms with E-state index in [-0.39, 0.29) is 5.82 Å². The first-order valence-electron chi connectivity index (χ1n) is 11.8. The Labute approximate surface area is 207 Å². The molecule has 0 atom stereocenters. The summed E-state index contributed by atoms with van der Waals surface area (Å²) in [6.45, 7) is 0.437. The van der Waals surface area contributed by atoms with Crippen molar-refractivity contribution in [1.29, 1.82) is 0 Å². The van der Waals surface area contributed by atoms with Crippen molar-refractivity contribution in [3.8, 4) is 5.75 Å². The Kier molecular flexibility index (Phi) is 7.02. The average molecular weight is 478 g/mol. The van der Waals surface area contributed by atoms with Crippen LogP contribution in [0.2, 0.25) is 0 Å². The molecule has 35 heavy (non-hydrogen) atoms. The highest BCUT2D eigenvalue weighted by Gasteiger charge is 2.46. The standard InChI is InChI=1S/C32H27FOP/c33-28-21-22-32(34-24-26-13-5-1-6-14-26)27(23-28)25-35(29-15-7-2-8-16-29,30-17-9-3-10-18-30)31-19-11-4-12-20-31/h1-23H,24-25H2/q+1. The summed E-state index contributed by atoms with van der Waals surface area (Å²) < 4.78 is 20.9. The van der Waals surface area contributed by atoms with Crippen molar-refractivity contribution in [3.05, 3.63) is 156 Å². The van der Waals surface area contributed by atoms with Gasteiger partial charge in [0, 0.05) is 5.56 Å². The Morgan fingerprint density at radius 1 is 0.543 bits per heavy atom. The van der Waals surface area contributed by atoms with Crippen LogP contribution in [0.4, 0.5) is 4.39 Å². The molecule has 5 rings (SSSR count). The number of ether oxygens (including phenoxy) is 1. The number of benzene rings is 5. The van der Waals surface area contributed by atoms with Crippen molar-refractivity contribution in [2.45, 2.75) is 12.8 Å². The predicted molar refractivity (Wildman–Crippen MR) is 146 cm³/mol. The van der Waals surface area contributed by atoms with Gasteiger partial charge in [0.15, 0.2) is 0 Å². The molecule has 0 heterocycles. The van der Waals surface area contributed by atoms with Gasteiger partial charge in [0.1, 0.15) is 47.5 Å². The topological polar surface area (TPSA) is 9.23 Å². The Morgan fingerprint density at radius 2 is 1.00 bits per heavy atom. The monoisotopic (exact) mass is 477 g/mol. The Balaban J connectivity index is 1.66. The summed E-state index contributed by atoms with van der Waals surface area (Å²) in [4.78, 5) is 0. The highest BCUT2D eigenvalue weighted by Crippen LogP contribution is 2.59. The molecule has 0 aliphatic carbocycles. The highest BCUT2D eigenvalue weighted by atomic mass is 31.2. The largest absolute Gasteiger partial charge is 0.488 e. The van der Waals surface area contributed by atoms with E-state index in [4.69, 9.17) is 4.74 Å². The van der Waals surface area contributed by atoms with E-state index in [1.807, 2.05) is 48.5 Å². The first-order chi connectivity index (χ1) is 17.3. The van der Waals surface area contributed by atoms with E-state index in [1.165, 1.54) is 22.0 Å². The molecule has 0 saturated heterocycles. The number of hydrogen-bond donors (Lipinski definition) is 0. The third-order valence-electron chi connectivity index (χ3n) is 6.26. The van der Waals surface area contributed by atoms with Crippen molar-refractivity contribution in [1.82, 2.24) is 0 Å². The molecule has 3 heteroatoms. The van der Waals surface area contributed by atoms with E-state index < -0.39 is 7.26 Å². The molecule has 5 aromatic rings. The van der Waals surface area contributed by atoms with Crippen molar-refractivity contribution < 1.29 is 9.13 Å². The van der Waals surface area contributed by atoms with Crippen molar-refractivity contribution in [2.24, 2.45) is 0 Å². The molecule has 0 fully saturated rings. The molecule has 0 aliphatic heterocycles. The molecule has 172 valence electrons. The van der Waals surface area contributed by atoms with E-state index in [9.17, 15) is 4.39 Å². The maximum Gasteiger partial charge on any atom is 0.126 e. The van der Waals surface area contributed by atoms with E-state index in [1.54, 1.807) is 12.1 Å². The lowest BCUT2D eigenvalue weighted by atomic mass is 10.2. The fraction of sp³-hybridized carbons (Fsp3) is 0.0625. The van der Waals surface area contributed by atoms with Crippen LogP contribution in [0.5, 0.6) is 5.75 Å². The summed E-state index contributed by atoms with van der Waals surface area (Å²) in [6, 6.07) is 46.9. The molecule has 0 bridgehead atoms. The minimum atomic E-state index is -2.16. The van der Waals surface area contributed by atoms with Crippen molar-refractivity contribution in [3.63, 3.8) is 0 Å². The quantitative estimate of drug-likeness (QED) is 0.221. The van der Waals surface area contributed by atoms with Gasteiger partial charge in [-0.1, -0.05) is 84.9 Å². The first-order valence-corrected chi connectivity index (χ1v) is 13.7. The predicted octanol–water partition coefficient (Wildman–Crippen LogP) is 6.90. The summed E-state index contributed by atoms with van der Waals surface area (Å²) in [6.07, 6.45) is 0.660. The highest BCUT2D eigenvalue weighted by molar-refractivity contribution is 7.95. The number of hydrogen-bond acceptors (Lipinski definition) is 1. The first kappa shape index (κ1) is 23.0. The van der Waals surface area contributed by atoms with Gasteiger partial charge in [-0.15, -0.1) is 0 Å². The molecule has 0 saturated carbocycles. The maximum absolute atomic E-state index is 14.6. The third-order valence-corrected chi connectivity index (χ3v) is 10.6. The van der Waals surface area contributed by atoms with Crippen LogP contribution in [0, 0.1) is 5.82 Å². The molecule has 0 amide bonds. The molecule has 5 aromatic carbocycles. The van der Waals surface area contributed by atoms with Gasteiger partial charge in [0.25, 0.3) is 0 Å². The van der Waals surface area contributed by atoms with Gasteiger partial charge in [-0.25, -0.2) is 4.39 Å². The zero-order valence-corrected chi connectivity index (χ0v) is 20.3. The number of rotatable bonds is 8. The Morgan fingerprint density at radius 3 is 1.49 bits per heavy atom. The van der Waals surface area contributed by atoms with Crippen LogP contribution >= 0.6 is 7.26 Å². The van der Waals surface area contributed by atoms with Gasteiger partial charge < -0.3 is 4.74 Å². The van der Waals surface area contributed by atoms with E-state index in [0.717, 1.165) is 16.9 Å². The molecular weight excluding hydrogens is 450 g/mol. The Hall–Kier alpha value is -3.74. The lowest BCUT2D eigenvalue weighted by Gasteiger charge is -2.28. The summed E-state index contributed by atoms with van der Waals surface area (Å²) in [7, 11) is -2.16. The van der Waals surface area contributed by atoms with Gasteiger partial charge in [-0.05, 0) is 60.2 Å². The fourth-order valence-electron chi connectivity index (χ4n) is 4.57. The number of halogens is 1. The van der Waals surface area contributed by atoms with E-state index in [0.29, 0.717) is 12.8 Å². The summed E-state index contributed by atoms with van der Waals surface area (Å²) in [5.41, 5.74) is 1.96. The summed E-state index contributed by atoms with van der Waals surface area (Å²) in [5, 5.41) is 3.78. The van der Waals surface area contributed by atoms with Gasteiger partial charge in [0.05, 0.1) is 0 Å². The van der Waals surface area contributed by atoms with E-state index in [2.05, 4.69) is 72.8 Å². The molecular formula is C32H27FOP+. The minimum Gasteiger partial charge on any atom is -0.488 e. The molecule has 1 nitrogen and oxygen atoms in total. The second kappa shape index (κ2) is 10.7. The maximum atomic E-state index is 14.6. The molecule has 0 aromatic heterocycles. The normalized spacial score (nSPS) is 11.2. The fourth-order valence-corrected chi connectivity index (χ4v) is 8.82. The Bertz CT molecular complexity index is 1260. The van der Waals surface area contributed by atoms with Crippen LogP contribution in [0.1, 0.15) is 11.1 Å². The van der Waals surface area contributed by atoms with Crippen LogP contribution in [0.3, 0.4) is 0 Å². The second-order valence-corrected chi connectivity index (χ2v) is 12.0. The zero-order valence-electron chi connectivity index (χ0n) is 19.4. The van der Waals surface area contributed by atoms with Gasteiger partial charge in [-0.3, -0.25) is 0 Å². The third kappa shape index (κ3) is 5.04. The molecule has 0 unspecified atom stereocenters.